The molecule has 3 rings (SSSR count). The SMILES string of the molecule is ClCc1ccc(C(c2ccc(CCl)cc2)c2ccc(CCl)cc2)cc1. The van der Waals surface area contributed by atoms with E-state index < -0.39 is 0 Å². The maximum Gasteiger partial charge on any atom is 0.0474 e. The molecular formula is C22H19Cl3. The van der Waals surface area contributed by atoms with Crippen LogP contribution in [-0.4, -0.2) is 0 Å². The van der Waals surface area contributed by atoms with E-state index in [-0.39, 0.29) is 5.92 Å². The molecule has 0 atom stereocenters. The second-order valence-corrected chi connectivity index (χ2v) is 6.86. The molecule has 3 aromatic carbocycles. The van der Waals surface area contributed by atoms with Crippen molar-refractivity contribution < 1.29 is 0 Å². The van der Waals surface area contributed by atoms with Gasteiger partial charge in [-0.25, -0.2) is 0 Å². The fourth-order valence-electron chi connectivity index (χ4n) is 2.97. The van der Waals surface area contributed by atoms with Crippen LogP contribution in [0.15, 0.2) is 72.8 Å². The Kier molecular flexibility index (Phi) is 6.42. The zero-order valence-electron chi connectivity index (χ0n) is 13.8. The summed E-state index contributed by atoms with van der Waals surface area (Å²) in [5.41, 5.74) is 7.10. The molecule has 0 saturated carbocycles. The van der Waals surface area contributed by atoms with Crippen molar-refractivity contribution in [2.45, 2.75) is 23.6 Å². The molecule has 25 heavy (non-hydrogen) atoms. The van der Waals surface area contributed by atoms with Crippen LogP contribution in [0, 0.1) is 0 Å². The van der Waals surface area contributed by atoms with E-state index in [1.807, 2.05) is 0 Å². The maximum absolute atomic E-state index is 5.93. The quantitative estimate of drug-likeness (QED) is 0.312. The molecule has 0 amide bonds. The number of rotatable bonds is 6. The second-order valence-electron chi connectivity index (χ2n) is 6.06. The van der Waals surface area contributed by atoms with Gasteiger partial charge in [-0.05, 0) is 33.4 Å². The zero-order valence-corrected chi connectivity index (χ0v) is 16.0. The van der Waals surface area contributed by atoms with Gasteiger partial charge in [0.2, 0.25) is 0 Å². The number of hydrogen-bond donors (Lipinski definition) is 0. The topological polar surface area (TPSA) is 0 Å². The first kappa shape index (κ1) is 18.3. The van der Waals surface area contributed by atoms with Gasteiger partial charge in [0.25, 0.3) is 0 Å². The van der Waals surface area contributed by atoms with Crippen molar-refractivity contribution in [2.24, 2.45) is 0 Å². The third-order valence-electron chi connectivity index (χ3n) is 4.40. The van der Waals surface area contributed by atoms with Gasteiger partial charge in [0.05, 0.1) is 0 Å². The minimum Gasteiger partial charge on any atom is -0.122 e. The lowest BCUT2D eigenvalue weighted by Crippen LogP contribution is -2.04. The smallest absolute Gasteiger partial charge is 0.0474 e. The summed E-state index contributed by atoms with van der Waals surface area (Å²) in [5.74, 6) is 1.75. The van der Waals surface area contributed by atoms with Gasteiger partial charge >= 0.3 is 0 Å². The van der Waals surface area contributed by atoms with Crippen molar-refractivity contribution in [2.75, 3.05) is 0 Å². The van der Waals surface area contributed by atoms with Crippen LogP contribution in [-0.2, 0) is 17.6 Å². The molecule has 3 heteroatoms. The van der Waals surface area contributed by atoms with Crippen LogP contribution in [0.5, 0.6) is 0 Å². The van der Waals surface area contributed by atoms with Crippen molar-refractivity contribution in [1.82, 2.24) is 0 Å². The van der Waals surface area contributed by atoms with Crippen LogP contribution in [0.2, 0.25) is 0 Å². The number of halogens is 3. The number of hydrogen-bond acceptors (Lipinski definition) is 0. The predicted molar refractivity (Wildman–Crippen MR) is 109 cm³/mol. The van der Waals surface area contributed by atoms with Crippen molar-refractivity contribution in [3.8, 4) is 0 Å². The van der Waals surface area contributed by atoms with E-state index in [9.17, 15) is 0 Å². The van der Waals surface area contributed by atoms with Gasteiger partial charge in [0.1, 0.15) is 0 Å². The minimum absolute atomic E-state index is 0.165. The summed E-state index contributed by atoms with van der Waals surface area (Å²) < 4.78 is 0. The molecule has 0 aliphatic carbocycles. The molecule has 0 heterocycles. The third-order valence-corrected chi connectivity index (χ3v) is 5.33. The summed E-state index contributed by atoms with van der Waals surface area (Å²) >= 11 is 17.8. The average Bonchev–Trinajstić information content (AvgIpc) is 2.70. The largest absolute Gasteiger partial charge is 0.122 e. The molecule has 0 unspecified atom stereocenters. The van der Waals surface area contributed by atoms with Gasteiger partial charge in [0, 0.05) is 23.6 Å². The van der Waals surface area contributed by atoms with Crippen molar-refractivity contribution in [3.63, 3.8) is 0 Å². The second kappa shape index (κ2) is 8.76. The Balaban J connectivity index is 2.04. The van der Waals surface area contributed by atoms with Crippen LogP contribution in [0.4, 0.5) is 0 Å². The molecule has 0 bridgehead atoms. The molecule has 0 aliphatic rings. The molecular weight excluding hydrogens is 371 g/mol. The predicted octanol–water partition coefficient (Wildman–Crippen LogP) is 7.08. The van der Waals surface area contributed by atoms with E-state index in [1.54, 1.807) is 0 Å². The average molecular weight is 390 g/mol. The first-order valence-corrected chi connectivity index (χ1v) is 9.80. The highest BCUT2D eigenvalue weighted by atomic mass is 35.5. The highest BCUT2D eigenvalue weighted by Crippen LogP contribution is 2.33. The van der Waals surface area contributed by atoms with E-state index in [0.717, 1.165) is 16.7 Å². The van der Waals surface area contributed by atoms with E-state index in [2.05, 4.69) is 72.8 Å². The molecule has 0 N–H and O–H groups in total. The van der Waals surface area contributed by atoms with Crippen LogP contribution in [0.25, 0.3) is 0 Å². The van der Waals surface area contributed by atoms with Crippen molar-refractivity contribution in [1.29, 1.82) is 0 Å². The molecule has 0 spiro atoms. The Hall–Kier alpha value is -1.47. The summed E-state index contributed by atoms with van der Waals surface area (Å²) in [6, 6.07) is 25.5. The Labute approximate surface area is 164 Å². The minimum atomic E-state index is 0.165. The third kappa shape index (κ3) is 4.39. The van der Waals surface area contributed by atoms with Crippen LogP contribution in [0.1, 0.15) is 39.3 Å². The molecule has 0 fully saturated rings. The Morgan fingerprint density at radius 3 is 0.880 bits per heavy atom. The van der Waals surface area contributed by atoms with Gasteiger partial charge in [0.15, 0.2) is 0 Å². The van der Waals surface area contributed by atoms with E-state index >= 15 is 0 Å². The lowest BCUT2D eigenvalue weighted by molar-refractivity contribution is 0.972. The van der Waals surface area contributed by atoms with E-state index in [1.165, 1.54) is 16.7 Å². The molecule has 0 aromatic heterocycles. The Morgan fingerprint density at radius 1 is 0.440 bits per heavy atom. The molecule has 0 nitrogen and oxygen atoms in total. The fraction of sp³-hybridized carbons (Fsp3) is 0.182. The molecule has 0 radical (unpaired) electrons. The Bertz CT molecular complexity index is 677. The lowest BCUT2D eigenvalue weighted by atomic mass is 9.84. The summed E-state index contributed by atoms with van der Waals surface area (Å²) in [6.07, 6.45) is 0. The van der Waals surface area contributed by atoms with Gasteiger partial charge in [-0.15, -0.1) is 34.8 Å². The molecule has 3 aromatic rings. The normalized spacial score (nSPS) is 11.0. The summed E-state index contributed by atoms with van der Waals surface area (Å²) in [4.78, 5) is 0. The first-order chi connectivity index (χ1) is 12.2. The van der Waals surface area contributed by atoms with Gasteiger partial charge < -0.3 is 0 Å². The van der Waals surface area contributed by atoms with Crippen LogP contribution < -0.4 is 0 Å². The van der Waals surface area contributed by atoms with Crippen LogP contribution in [0.3, 0.4) is 0 Å². The van der Waals surface area contributed by atoms with E-state index in [4.69, 9.17) is 34.8 Å². The molecule has 128 valence electrons. The maximum atomic E-state index is 5.93. The lowest BCUT2D eigenvalue weighted by Gasteiger charge is -2.20. The monoisotopic (exact) mass is 388 g/mol. The summed E-state index contributed by atoms with van der Waals surface area (Å²) in [5, 5.41) is 0. The summed E-state index contributed by atoms with van der Waals surface area (Å²) in [6.45, 7) is 0. The number of benzene rings is 3. The Morgan fingerprint density at radius 2 is 0.680 bits per heavy atom. The van der Waals surface area contributed by atoms with Gasteiger partial charge in [-0.3, -0.25) is 0 Å². The van der Waals surface area contributed by atoms with Crippen LogP contribution >= 0.6 is 34.8 Å². The van der Waals surface area contributed by atoms with E-state index in [0.29, 0.717) is 17.6 Å². The van der Waals surface area contributed by atoms with Crippen molar-refractivity contribution >= 4 is 34.8 Å². The zero-order chi connectivity index (χ0) is 17.6. The highest BCUT2D eigenvalue weighted by molar-refractivity contribution is 6.17. The van der Waals surface area contributed by atoms with Gasteiger partial charge in [-0.2, -0.15) is 0 Å². The standard InChI is InChI=1S/C22H19Cl3/c23-13-16-1-7-19(8-2-16)22(20-9-3-17(14-24)4-10-20)21-11-5-18(15-25)6-12-21/h1-12,22H,13-15H2. The fourth-order valence-corrected chi connectivity index (χ4v) is 3.51. The number of alkyl halides is 3. The highest BCUT2D eigenvalue weighted by Gasteiger charge is 2.17. The molecule has 0 saturated heterocycles. The first-order valence-electron chi connectivity index (χ1n) is 8.19. The van der Waals surface area contributed by atoms with Crippen molar-refractivity contribution in [3.05, 3.63) is 106 Å². The molecule has 0 aliphatic heterocycles. The summed E-state index contributed by atoms with van der Waals surface area (Å²) in [7, 11) is 0. The van der Waals surface area contributed by atoms with Gasteiger partial charge in [-0.1, -0.05) is 72.8 Å².